The average Bonchev–Trinajstić information content (AvgIpc) is 3.29. The normalized spacial score (nSPS) is 18.7. The molecule has 1 aromatic heterocycles. The summed E-state index contributed by atoms with van der Waals surface area (Å²) in [7, 11) is 1.78. The molecule has 2 saturated heterocycles. The predicted octanol–water partition coefficient (Wildman–Crippen LogP) is 3.39. The van der Waals surface area contributed by atoms with Gasteiger partial charge in [0.25, 0.3) is 0 Å². The molecule has 0 aliphatic carbocycles. The highest BCUT2D eigenvalue weighted by atomic mass is 32.1. The molecule has 6 nitrogen and oxygen atoms in total. The van der Waals surface area contributed by atoms with Gasteiger partial charge < -0.3 is 15.1 Å². The lowest BCUT2D eigenvalue weighted by atomic mass is 9.87. The Bertz CT molecular complexity index is 967. The molecule has 2 aliphatic heterocycles. The minimum atomic E-state index is -4.41. The first-order chi connectivity index (χ1) is 14.2. The zero-order valence-corrected chi connectivity index (χ0v) is 17.1. The largest absolute Gasteiger partial charge is 0.416 e. The highest BCUT2D eigenvalue weighted by Gasteiger charge is 2.45. The van der Waals surface area contributed by atoms with Gasteiger partial charge in [-0.3, -0.25) is 4.79 Å². The number of amides is 3. The molecule has 0 unspecified atom stereocenters. The number of thiazole rings is 1. The molecule has 2 aliphatic rings. The molecule has 0 saturated carbocycles. The molecule has 0 bridgehead atoms. The molecule has 2 aromatic rings. The van der Waals surface area contributed by atoms with Gasteiger partial charge in [-0.2, -0.15) is 13.2 Å². The number of halogens is 3. The summed E-state index contributed by atoms with van der Waals surface area (Å²) >= 11 is 1.22. The fourth-order valence-electron chi connectivity index (χ4n) is 3.99. The van der Waals surface area contributed by atoms with Crippen molar-refractivity contribution in [2.24, 2.45) is 0 Å². The highest BCUT2D eigenvalue weighted by molar-refractivity contribution is 7.13. The second-order valence-electron chi connectivity index (χ2n) is 7.72. The summed E-state index contributed by atoms with van der Waals surface area (Å²) in [6.07, 6.45) is -2.89. The third-order valence-electron chi connectivity index (χ3n) is 5.95. The molecule has 1 aromatic carbocycles. The standard InChI is InChI=1S/C20H21F3N4O2S/c1-26-18(29)24-12-19(26)5-7-27(8-6-19)16(28)10-15-11-30-17(25-15)13-3-2-4-14(9-13)20(21,22)23/h2-4,9,11H,5-8,10,12H2,1H3,(H,24,29). The number of hydrogen-bond donors (Lipinski definition) is 1. The number of carbonyl (C=O) groups excluding carboxylic acids is 2. The lowest BCUT2D eigenvalue weighted by molar-refractivity contribution is -0.137. The topological polar surface area (TPSA) is 65.5 Å². The second-order valence-corrected chi connectivity index (χ2v) is 8.58. The van der Waals surface area contributed by atoms with Gasteiger partial charge in [0.2, 0.25) is 5.91 Å². The minimum absolute atomic E-state index is 0.0642. The van der Waals surface area contributed by atoms with E-state index in [1.807, 2.05) is 0 Å². The summed E-state index contributed by atoms with van der Waals surface area (Å²) < 4.78 is 38.8. The van der Waals surface area contributed by atoms with Crippen molar-refractivity contribution >= 4 is 23.3 Å². The minimum Gasteiger partial charge on any atom is -0.342 e. The van der Waals surface area contributed by atoms with Crippen LogP contribution in [0.25, 0.3) is 10.6 Å². The number of likely N-dealkylation sites (tertiary alicyclic amines) is 1. The molecule has 0 radical (unpaired) electrons. The van der Waals surface area contributed by atoms with Crippen LogP contribution in [0.4, 0.5) is 18.0 Å². The molecule has 2 fully saturated rings. The molecule has 1 spiro atoms. The third kappa shape index (κ3) is 3.88. The summed E-state index contributed by atoms with van der Waals surface area (Å²) in [5.41, 5.74) is -0.0205. The predicted molar refractivity (Wildman–Crippen MR) is 106 cm³/mol. The molecule has 4 rings (SSSR count). The van der Waals surface area contributed by atoms with Crippen LogP contribution in [0.2, 0.25) is 0 Å². The third-order valence-corrected chi connectivity index (χ3v) is 6.89. The van der Waals surface area contributed by atoms with Crippen molar-refractivity contribution in [2.75, 3.05) is 26.7 Å². The van der Waals surface area contributed by atoms with E-state index < -0.39 is 11.7 Å². The fraction of sp³-hybridized carbons (Fsp3) is 0.450. The number of likely N-dealkylation sites (N-methyl/N-ethyl adjacent to an activating group) is 1. The van der Waals surface area contributed by atoms with Gasteiger partial charge in [-0.15, -0.1) is 11.3 Å². The van der Waals surface area contributed by atoms with Crippen LogP contribution in [-0.4, -0.2) is 58.9 Å². The SMILES string of the molecule is CN1C(=O)NCC12CCN(C(=O)Cc1csc(-c3cccc(C(F)(F)F)c3)n1)CC2. The molecule has 3 amide bonds. The Balaban J connectivity index is 1.39. The van der Waals surface area contributed by atoms with Gasteiger partial charge in [-0.05, 0) is 25.0 Å². The molecule has 160 valence electrons. The van der Waals surface area contributed by atoms with Crippen molar-refractivity contribution in [2.45, 2.75) is 31.0 Å². The molecule has 30 heavy (non-hydrogen) atoms. The number of carbonyl (C=O) groups is 2. The van der Waals surface area contributed by atoms with E-state index in [-0.39, 0.29) is 23.9 Å². The number of nitrogens with zero attached hydrogens (tertiary/aromatic N) is 3. The Morgan fingerprint density at radius 2 is 2.03 bits per heavy atom. The second kappa shape index (κ2) is 7.57. The Hall–Kier alpha value is -2.62. The zero-order chi connectivity index (χ0) is 21.5. The molecule has 10 heteroatoms. The summed E-state index contributed by atoms with van der Waals surface area (Å²) in [6, 6.07) is 4.95. The van der Waals surface area contributed by atoms with Crippen molar-refractivity contribution in [3.8, 4) is 10.6 Å². The van der Waals surface area contributed by atoms with E-state index in [9.17, 15) is 22.8 Å². The molecular formula is C20H21F3N4O2S. The molecule has 0 atom stereocenters. The number of alkyl halides is 3. The van der Waals surface area contributed by atoms with Crippen LogP contribution in [0, 0.1) is 0 Å². The van der Waals surface area contributed by atoms with Crippen LogP contribution in [-0.2, 0) is 17.4 Å². The van der Waals surface area contributed by atoms with Crippen molar-refractivity contribution in [3.05, 3.63) is 40.9 Å². The lowest BCUT2D eigenvalue weighted by Crippen LogP contribution is -2.54. The summed E-state index contributed by atoms with van der Waals surface area (Å²) in [4.78, 5) is 32.3. The number of hydrogen-bond acceptors (Lipinski definition) is 4. The maximum atomic E-state index is 12.9. The van der Waals surface area contributed by atoms with Crippen LogP contribution in [0.3, 0.4) is 0 Å². The fourth-order valence-corrected chi connectivity index (χ4v) is 4.81. The molecule has 1 N–H and O–H groups in total. The monoisotopic (exact) mass is 438 g/mol. The molecular weight excluding hydrogens is 417 g/mol. The van der Waals surface area contributed by atoms with Crippen molar-refractivity contribution in [1.82, 2.24) is 20.1 Å². The number of urea groups is 1. The van der Waals surface area contributed by atoms with E-state index in [1.165, 1.54) is 17.4 Å². The molecule has 3 heterocycles. The van der Waals surface area contributed by atoms with Crippen molar-refractivity contribution in [1.29, 1.82) is 0 Å². The van der Waals surface area contributed by atoms with Gasteiger partial charge in [0.05, 0.1) is 23.2 Å². The van der Waals surface area contributed by atoms with E-state index in [0.29, 0.717) is 48.7 Å². The number of aromatic nitrogens is 1. The first kappa shape index (κ1) is 20.6. The van der Waals surface area contributed by atoms with E-state index in [2.05, 4.69) is 10.3 Å². The summed E-state index contributed by atoms with van der Waals surface area (Å²) in [5.74, 6) is -0.0642. The Morgan fingerprint density at radius 3 is 2.67 bits per heavy atom. The van der Waals surface area contributed by atoms with Crippen molar-refractivity contribution in [3.63, 3.8) is 0 Å². The van der Waals surface area contributed by atoms with Gasteiger partial charge >= 0.3 is 12.2 Å². The van der Waals surface area contributed by atoms with Gasteiger partial charge in [-0.1, -0.05) is 12.1 Å². The quantitative estimate of drug-likeness (QED) is 0.799. The zero-order valence-electron chi connectivity index (χ0n) is 16.3. The maximum Gasteiger partial charge on any atom is 0.416 e. The van der Waals surface area contributed by atoms with Gasteiger partial charge in [0.15, 0.2) is 0 Å². The first-order valence-electron chi connectivity index (χ1n) is 9.59. The van der Waals surface area contributed by atoms with Crippen LogP contribution in [0.15, 0.2) is 29.6 Å². The number of benzene rings is 1. The van der Waals surface area contributed by atoms with Crippen LogP contribution >= 0.6 is 11.3 Å². The van der Waals surface area contributed by atoms with Crippen LogP contribution in [0.5, 0.6) is 0 Å². The Labute approximate surface area is 175 Å². The number of rotatable bonds is 3. The van der Waals surface area contributed by atoms with Gasteiger partial charge in [-0.25, -0.2) is 9.78 Å². The Kier molecular flexibility index (Phi) is 5.21. The number of nitrogens with one attached hydrogen (secondary N) is 1. The Morgan fingerprint density at radius 1 is 1.30 bits per heavy atom. The van der Waals surface area contributed by atoms with Crippen molar-refractivity contribution < 1.29 is 22.8 Å². The lowest BCUT2D eigenvalue weighted by Gasteiger charge is -2.42. The average molecular weight is 438 g/mol. The van der Waals surface area contributed by atoms with Crippen LogP contribution in [0.1, 0.15) is 24.1 Å². The van der Waals surface area contributed by atoms with E-state index in [4.69, 9.17) is 0 Å². The summed E-state index contributed by atoms with van der Waals surface area (Å²) in [5, 5.41) is 5.02. The summed E-state index contributed by atoms with van der Waals surface area (Å²) in [6.45, 7) is 1.71. The maximum absolute atomic E-state index is 12.9. The van der Waals surface area contributed by atoms with E-state index in [0.717, 1.165) is 12.1 Å². The van der Waals surface area contributed by atoms with E-state index >= 15 is 0 Å². The smallest absolute Gasteiger partial charge is 0.342 e. The highest BCUT2D eigenvalue weighted by Crippen LogP contribution is 2.34. The first-order valence-corrected chi connectivity index (χ1v) is 10.5. The van der Waals surface area contributed by atoms with Gasteiger partial charge in [0.1, 0.15) is 5.01 Å². The van der Waals surface area contributed by atoms with Gasteiger partial charge in [0, 0.05) is 37.6 Å². The van der Waals surface area contributed by atoms with E-state index in [1.54, 1.807) is 28.3 Å². The van der Waals surface area contributed by atoms with Crippen LogP contribution < -0.4 is 5.32 Å². The number of piperidine rings is 1.